The van der Waals surface area contributed by atoms with Crippen LogP contribution >= 0.6 is 0 Å². The maximum atomic E-state index is 11.0. The Balaban J connectivity index is 2.73. The van der Waals surface area contributed by atoms with Crippen molar-refractivity contribution in [3.8, 4) is 5.75 Å². The molecule has 0 radical (unpaired) electrons. The molecule has 1 rings (SSSR count). The van der Waals surface area contributed by atoms with Gasteiger partial charge in [-0.2, -0.15) is 0 Å². The lowest BCUT2D eigenvalue weighted by atomic mass is 9.85. The van der Waals surface area contributed by atoms with Crippen molar-refractivity contribution in [2.24, 2.45) is 0 Å². The molecule has 21 heavy (non-hydrogen) atoms. The Morgan fingerprint density at radius 3 is 2.52 bits per heavy atom. The van der Waals surface area contributed by atoms with E-state index in [0.29, 0.717) is 19.6 Å². The van der Waals surface area contributed by atoms with Gasteiger partial charge < -0.3 is 14.6 Å². The van der Waals surface area contributed by atoms with Crippen molar-refractivity contribution in [2.45, 2.75) is 52.6 Å². The number of benzene rings is 1. The zero-order valence-electron chi connectivity index (χ0n) is 13.6. The average molecular weight is 294 g/mol. The summed E-state index contributed by atoms with van der Waals surface area (Å²) in [7, 11) is 0. The number of aryl methyl sites for hydroxylation is 1. The van der Waals surface area contributed by atoms with Gasteiger partial charge in [0.05, 0.1) is 6.61 Å². The molecule has 1 aromatic rings. The summed E-state index contributed by atoms with van der Waals surface area (Å²) in [5.74, 6) is -0.130. The number of hydrogen-bond acceptors (Lipinski definition) is 3. The summed E-state index contributed by atoms with van der Waals surface area (Å²) >= 11 is 0. The highest BCUT2D eigenvalue weighted by atomic mass is 16.5. The van der Waals surface area contributed by atoms with Crippen LogP contribution < -0.4 is 4.74 Å². The third-order valence-corrected chi connectivity index (χ3v) is 3.22. The quantitative estimate of drug-likeness (QED) is 0.835. The van der Waals surface area contributed by atoms with Gasteiger partial charge >= 0.3 is 5.97 Å². The molecule has 1 aromatic carbocycles. The lowest BCUT2D eigenvalue weighted by Gasteiger charge is -2.23. The minimum absolute atomic E-state index is 0.0204. The Hall–Kier alpha value is -1.55. The minimum Gasteiger partial charge on any atom is -0.493 e. The van der Waals surface area contributed by atoms with E-state index in [0.717, 1.165) is 11.3 Å². The molecule has 1 atom stereocenters. The first-order valence-corrected chi connectivity index (χ1v) is 7.34. The van der Waals surface area contributed by atoms with Crippen molar-refractivity contribution in [2.75, 3.05) is 13.2 Å². The van der Waals surface area contributed by atoms with Gasteiger partial charge in [-0.3, -0.25) is 0 Å². The number of ether oxygens (including phenoxy) is 2. The summed E-state index contributed by atoms with van der Waals surface area (Å²) in [5.41, 5.74) is 2.30. The SMILES string of the molecule is CCOC(CCOc1ccc(C)cc1C(C)(C)C)C(=O)O. The van der Waals surface area contributed by atoms with Gasteiger partial charge in [0.25, 0.3) is 0 Å². The number of rotatable bonds is 7. The van der Waals surface area contributed by atoms with E-state index in [-0.39, 0.29) is 5.41 Å². The van der Waals surface area contributed by atoms with Crippen molar-refractivity contribution in [3.05, 3.63) is 29.3 Å². The maximum Gasteiger partial charge on any atom is 0.332 e. The largest absolute Gasteiger partial charge is 0.493 e. The van der Waals surface area contributed by atoms with Crippen LogP contribution in [0.3, 0.4) is 0 Å². The molecule has 0 aliphatic carbocycles. The van der Waals surface area contributed by atoms with Gasteiger partial charge in [-0.1, -0.05) is 38.5 Å². The third-order valence-electron chi connectivity index (χ3n) is 3.22. The average Bonchev–Trinajstić information content (AvgIpc) is 2.38. The van der Waals surface area contributed by atoms with Crippen LogP contribution in [0.2, 0.25) is 0 Å². The second-order valence-corrected chi connectivity index (χ2v) is 6.17. The zero-order valence-corrected chi connectivity index (χ0v) is 13.6. The highest BCUT2D eigenvalue weighted by molar-refractivity contribution is 5.72. The fourth-order valence-electron chi connectivity index (χ4n) is 2.11. The summed E-state index contributed by atoms with van der Waals surface area (Å²) in [5, 5.41) is 9.04. The smallest absolute Gasteiger partial charge is 0.332 e. The van der Waals surface area contributed by atoms with E-state index in [4.69, 9.17) is 14.6 Å². The molecule has 0 amide bonds. The van der Waals surface area contributed by atoms with Gasteiger partial charge in [0.15, 0.2) is 6.10 Å². The lowest BCUT2D eigenvalue weighted by molar-refractivity contribution is -0.150. The molecule has 0 aliphatic rings. The molecule has 4 nitrogen and oxygen atoms in total. The van der Waals surface area contributed by atoms with Gasteiger partial charge in [-0.15, -0.1) is 0 Å². The first kappa shape index (κ1) is 17.5. The monoisotopic (exact) mass is 294 g/mol. The van der Waals surface area contributed by atoms with E-state index in [2.05, 4.69) is 33.8 Å². The molecule has 0 saturated carbocycles. The summed E-state index contributed by atoms with van der Waals surface area (Å²) in [4.78, 5) is 11.0. The molecular weight excluding hydrogens is 268 g/mol. The van der Waals surface area contributed by atoms with E-state index in [1.54, 1.807) is 6.92 Å². The molecule has 0 aromatic heterocycles. The van der Waals surface area contributed by atoms with E-state index in [1.807, 2.05) is 12.1 Å². The van der Waals surface area contributed by atoms with Crippen molar-refractivity contribution in [3.63, 3.8) is 0 Å². The molecule has 0 saturated heterocycles. The molecule has 4 heteroatoms. The number of carboxylic acids is 1. The predicted octanol–water partition coefficient (Wildman–Crippen LogP) is 3.55. The molecular formula is C17H26O4. The highest BCUT2D eigenvalue weighted by Crippen LogP contribution is 2.32. The Bertz CT molecular complexity index is 474. The molecule has 0 bridgehead atoms. The first-order chi connectivity index (χ1) is 9.75. The van der Waals surface area contributed by atoms with E-state index < -0.39 is 12.1 Å². The molecule has 1 N–H and O–H groups in total. The maximum absolute atomic E-state index is 11.0. The standard InChI is InChI=1S/C17H26O4/c1-6-20-15(16(18)19)9-10-21-14-8-7-12(2)11-13(14)17(3,4)5/h7-8,11,15H,6,9-10H2,1-5H3,(H,18,19). The van der Waals surface area contributed by atoms with E-state index >= 15 is 0 Å². The number of hydrogen-bond donors (Lipinski definition) is 1. The topological polar surface area (TPSA) is 55.8 Å². The Kier molecular flexibility index (Phi) is 6.21. The second kappa shape index (κ2) is 7.46. The predicted molar refractivity (Wildman–Crippen MR) is 83.0 cm³/mol. The van der Waals surface area contributed by atoms with Gasteiger partial charge in [0, 0.05) is 13.0 Å². The molecule has 0 fully saturated rings. The normalized spacial score (nSPS) is 13.0. The fraction of sp³-hybridized carbons (Fsp3) is 0.588. The van der Waals surface area contributed by atoms with Crippen LogP contribution in [0.5, 0.6) is 5.75 Å². The second-order valence-electron chi connectivity index (χ2n) is 6.17. The first-order valence-electron chi connectivity index (χ1n) is 7.34. The Morgan fingerprint density at radius 1 is 1.33 bits per heavy atom. The van der Waals surface area contributed by atoms with E-state index in [9.17, 15) is 4.79 Å². The fourth-order valence-corrected chi connectivity index (χ4v) is 2.11. The van der Waals surface area contributed by atoms with Crippen molar-refractivity contribution < 1.29 is 19.4 Å². The molecule has 0 aliphatic heterocycles. The van der Waals surface area contributed by atoms with Crippen molar-refractivity contribution >= 4 is 5.97 Å². The number of carbonyl (C=O) groups is 1. The number of carboxylic acid groups (broad SMARTS) is 1. The van der Waals surface area contributed by atoms with Crippen LogP contribution in [0.4, 0.5) is 0 Å². The summed E-state index contributed by atoms with van der Waals surface area (Å²) in [6.45, 7) is 10.9. The third kappa shape index (κ3) is 5.38. The molecule has 0 heterocycles. The van der Waals surface area contributed by atoms with E-state index in [1.165, 1.54) is 5.56 Å². The molecule has 1 unspecified atom stereocenters. The Morgan fingerprint density at radius 2 is 2.00 bits per heavy atom. The summed E-state index contributed by atoms with van der Waals surface area (Å²) in [6.07, 6.45) is -0.473. The number of aliphatic carboxylic acids is 1. The van der Waals surface area contributed by atoms with Crippen molar-refractivity contribution in [1.29, 1.82) is 0 Å². The summed E-state index contributed by atoms with van der Waals surface area (Å²) in [6, 6.07) is 6.07. The van der Waals surface area contributed by atoms with Crippen LogP contribution in [0, 0.1) is 6.92 Å². The van der Waals surface area contributed by atoms with Crippen LogP contribution in [0.25, 0.3) is 0 Å². The minimum atomic E-state index is -0.944. The Labute approximate surface area is 127 Å². The van der Waals surface area contributed by atoms with Crippen LogP contribution in [0.15, 0.2) is 18.2 Å². The highest BCUT2D eigenvalue weighted by Gasteiger charge is 2.21. The summed E-state index contributed by atoms with van der Waals surface area (Å²) < 4.78 is 11.0. The van der Waals surface area contributed by atoms with Crippen LogP contribution in [0.1, 0.15) is 45.2 Å². The van der Waals surface area contributed by atoms with Gasteiger partial charge in [0.2, 0.25) is 0 Å². The van der Waals surface area contributed by atoms with Crippen LogP contribution in [-0.4, -0.2) is 30.4 Å². The van der Waals surface area contributed by atoms with Gasteiger partial charge in [-0.25, -0.2) is 4.79 Å². The van der Waals surface area contributed by atoms with Gasteiger partial charge in [-0.05, 0) is 30.9 Å². The lowest BCUT2D eigenvalue weighted by Crippen LogP contribution is -2.26. The molecule has 118 valence electrons. The zero-order chi connectivity index (χ0) is 16.0. The van der Waals surface area contributed by atoms with Crippen molar-refractivity contribution in [1.82, 2.24) is 0 Å². The molecule has 0 spiro atoms. The van der Waals surface area contributed by atoms with Crippen LogP contribution in [-0.2, 0) is 14.9 Å². The van der Waals surface area contributed by atoms with Gasteiger partial charge in [0.1, 0.15) is 5.75 Å².